The first-order valence-electron chi connectivity index (χ1n) is 7.34. The van der Waals surface area contributed by atoms with Gasteiger partial charge in [0, 0.05) is 23.4 Å². The van der Waals surface area contributed by atoms with Crippen LogP contribution in [0.5, 0.6) is 5.75 Å². The Balaban J connectivity index is 1.81. The van der Waals surface area contributed by atoms with Crippen molar-refractivity contribution in [3.8, 4) is 5.75 Å². The van der Waals surface area contributed by atoms with Crippen LogP contribution in [0.4, 0.5) is 5.95 Å². The number of carbonyl (C=O) groups excluding carboxylic acids is 1. The molecule has 0 radical (unpaired) electrons. The first-order chi connectivity index (χ1) is 11.6. The van der Waals surface area contributed by atoms with Gasteiger partial charge in [-0.1, -0.05) is 0 Å². The van der Waals surface area contributed by atoms with Crippen molar-refractivity contribution in [1.29, 1.82) is 0 Å². The van der Waals surface area contributed by atoms with Gasteiger partial charge in [-0.25, -0.2) is 9.89 Å². The highest BCUT2D eigenvalue weighted by Crippen LogP contribution is 2.24. The fourth-order valence-corrected chi connectivity index (χ4v) is 2.49. The molecule has 0 bridgehead atoms. The maximum absolute atomic E-state index is 12.2. The molecule has 1 amide bonds. The lowest BCUT2D eigenvalue weighted by Crippen LogP contribution is -2.17. The highest BCUT2D eigenvalue weighted by Gasteiger charge is 2.14. The SMILES string of the molecule is COc1ccc2c(C)c(CCC(=O)Nc3ncn[nH]3)c(=O)oc2c1. The van der Waals surface area contributed by atoms with Crippen molar-refractivity contribution in [3.05, 3.63) is 46.1 Å². The van der Waals surface area contributed by atoms with Gasteiger partial charge < -0.3 is 9.15 Å². The van der Waals surface area contributed by atoms with Crippen molar-refractivity contribution < 1.29 is 13.9 Å². The molecule has 0 spiro atoms. The lowest BCUT2D eigenvalue weighted by molar-refractivity contribution is -0.116. The third kappa shape index (κ3) is 3.12. The number of fused-ring (bicyclic) bond motifs is 1. The fraction of sp³-hybridized carbons (Fsp3) is 0.250. The predicted octanol–water partition coefficient (Wildman–Crippen LogP) is 1.80. The van der Waals surface area contributed by atoms with Crippen LogP contribution >= 0.6 is 0 Å². The Hall–Kier alpha value is -3.16. The normalized spacial score (nSPS) is 10.8. The van der Waals surface area contributed by atoms with Crippen molar-refractivity contribution >= 4 is 22.8 Å². The molecule has 2 N–H and O–H groups in total. The Labute approximate surface area is 136 Å². The summed E-state index contributed by atoms with van der Waals surface area (Å²) in [5, 5.41) is 9.57. The number of amides is 1. The molecule has 0 saturated heterocycles. The average molecular weight is 328 g/mol. The second kappa shape index (κ2) is 6.53. The first-order valence-corrected chi connectivity index (χ1v) is 7.34. The summed E-state index contributed by atoms with van der Waals surface area (Å²) in [5.41, 5.74) is 1.31. The Morgan fingerprint density at radius 3 is 2.96 bits per heavy atom. The number of anilines is 1. The number of nitrogens with zero attached hydrogens (tertiary/aromatic N) is 2. The van der Waals surface area contributed by atoms with E-state index in [-0.39, 0.29) is 24.7 Å². The molecular weight excluding hydrogens is 312 g/mol. The maximum atomic E-state index is 12.2. The van der Waals surface area contributed by atoms with Crippen LogP contribution in [0.15, 0.2) is 33.7 Å². The van der Waals surface area contributed by atoms with E-state index in [2.05, 4.69) is 20.5 Å². The van der Waals surface area contributed by atoms with E-state index in [1.807, 2.05) is 13.0 Å². The smallest absolute Gasteiger partial charge is 0.339 e. The summed E-state index contributed by atoms with van der Waals surface area (Å²) in [6.07, 6.45) is 1.70. The van der Waals surface area contributed by atoms with Crippen molar-refractivity contribution in [1.82, 2.24) is 15.2 Å². The Morgan fingerprint density at radius 2 is 2.25 bits per heavy atom. The van der Waals surface area contributed by atoms with Crippen LogP contribution in [0.2, 0.25) is 0 Å². The molecule has 1 aromatic carbocycles. The highest BCUT2D eigenvalue weighted by atomic mass is 16.5. The number of carbonyl (C=O) groups is 1. The number of aryl methyl sites for hydroxylation is 1. The molecule has 2 aromatic heterocycles. The minimum absolute atomic E-state index is 0.133. The van der Waals surface area contributed by atoms with Gasteiger partial charge in [0.15, 0.2) is 0 Å². The monoisotopic (exact) mass is 328 g/mol. The summed E-state index contributed by atoms with van der Waals surface area (Å²) in [7, 11) is 1.55. The van der Waals surface area contributed by atoms with Gasteiger partial charge >= 0.3 is 5.63 Å². The number of benzene rings is 1. The lowest BCUT2D eigenvalue weighted by Gasteiger charge is -2.08. The molecule has 3 aromatic rings. The molecule has 0 aliphatic carbocycles. The fourth-order valence-electron chi connectivity index (χ4n) is 2.49. The zero-order valence-corrected chi connectivity index (χ0v) is 13.3. The van der Waals surface area contributed by atoms with E-state index in [0.29, 0.717) is 16.9 Å². The summed E-state index contributed by atoms with van der Waals surface area (Å²) >= 11 is 0. The van der Waals surface area contributed by atoms with Gasteiger partial charge in [0.1, 0.15) is 17.7 Å². The molecule has 0 unspecified atom stereocenters. The van der Waals surface area contributed by atoms with Gasteiger partial charge in [-0.15, -0.1) is 0 Å². The minimum atomic E-state index is -0.444. The number of aromatic amines is 1. The first kappa shape index (κ1) is 15.7. The van der Waals surface area contributed by atoms with Crippen molar-refractivity contribution in [2.75, 3.05) is 12.4 Å². The van der Waals surface area contributed by atoms with Crippen LogP contribution in [0.1, 0.15) is 17.5 Å². The number of aromatic nitrogens is 3. The van der Waals surface area contributed by atoms with Crippen LogP contribution in [-0.4, -0.2) is 28.2 Å². The molecular formula is C16H16N4O4. The number of ether oxygens (including phenoxy) is 1. The topological polar surface area (TPSA) is 110 Å². The van der Waals surface area contributed by atoms with Gasteiger partial charge in [-0.2, -0.15) is 10.1 Å². The van der Waals surface area contributed by atoms with E-state index < -0.39 is 5.63 Å². The van der Waals surface area contributed by atoms with Gasteiger partial charge in [-0.05, 0) is 31.0 Å². The Kier molecular flexibility index (Phi) is 4.28. The summed E-state index contributed by atoms with van der Waals surface area (Å²) < 4.78 is 10.5. The largest absolute Gasteiger partial charge is 0.497 e. The number of H-pyrrole nitrogens is 1. The standard InChI is InChI=1S/C16H16N4O4/c1-9-11-4-3-10(23-2)7-13(11)24-15(22)12(9)5-6-14(21)19-16-17-8-18-20-16/h3-4,7-8H,5-6H2,1-2H3,(H2,17,18,19,20,21). The van der Waals surface area contributed by atoms with Crippen molar-refractivity contribution in [2.24, 2.45) is 0 Å². The maximum Gasteiger partial charge on any atom is 0.339 e. The van der Waals surface area contributed by atoms with Gasteiger partial charge in [-0.3, -0.25) is 10.1 Å². The number of hydrogen-bond acceptors (Lipinski definition) is 6. The molecule has 24 heavy (non-hydrogen) atoms. The van der Waals surface area contributed by atoms with Gasteiger partial charge in [0.25, 0.3) is 0 Å². The minimum Gasteiger partial charge on any atom is -0.497 e. The molecule has 0 fully saturated rings. The van der Waals surface area contributed by atoms with Crippen LogP contribution in [0, 0.1) is 6.92 Å². The molecule has 124 valence electrons. The van der Waals surface area contributed by atoms with E-state index >= 15 is 0 Å². The van der Waals surface area contributed by atoms with E-state index in [1.54, 1.807) is 19.2 Å². The molecule has 3 rings (SSSR count). The number of rotatable bonds is 5. The second-order valence-electron chi connectivity index (χ2n) is 5.24. The van der Waals surface area contributed by atoms with Crippen LogP contribution in [0.3, 0.4) is 0 Å². The zero-order valence-electron chi connectivity index (χ0n) is 13.3. The van der Waals surface area contributed by atoms with Crippen LogP contribution in [-0.2, 0) is 11.2 Å². The van der Waals surface area contributed by atoms with Gasteiger partial charge in [0.2, 0.25) is 11.9 Å². The van der Waals surface area contributed by atoms with E-state index in [9.17, 15) is 9.59 Å². The predicted molar refractivity (Wildman–Crippen MR) is 87.1 cm³/mol. The molecule has 8 nitrogen and oxygen atoms in total. The molecule has 0 atom stereocenters. The molecule has 0 aliphatic rings. The van der Waals surface area contributed by atoms with Gasteiger partial charge in [0.05, 0.1) is 7.11 Å². The highest BCUT2D eigenvalue weighted by molar-refractivity contribution is 5.89. The molecule has 0 aliphatic heterocycles. The Morgan fingerprint density at radius 1 is 1.42 bits per heavy atom. The van der Waals surface area contributed by atoms with Crippen molar-refractivity contribution in [2.45, 2.75) is 19.8 Å². The number of methoxy groups -OCH3 is 1. The summed E-state index contributed by atoms with van der Waals surface area (Å²) in [5.74, 6) is 0.624. The second-order valence-corrected chi connectivity index (χ2v) is 5.24. The van der Waals surface area contributed by atoms with E-state index in [0.717, 1.165) is 10.9 Å². The third-order valence-corrected chi connectivity index (χ3v) is 3.77. The lowest BCUT2D eigenvalue weighted by atomic mass is 10.0. The van der Waals surface area contributed by atoms with Crippen LogP contribution in [0.25, 0.3) is 11.0 Å². The summed E-state index contributed by atoms with van der Waals surface area (Å²) in [6.45, 7) is 1.84. The van der Waals surface area contributed by atoms with Crippen molar-refractivity contribution in [3.63, 3.8) is 0 Å². The molecule has 8 heteroatoms. The van der Waals surface area contributed by atoms with E-state index in [4.69, 9.17) is 9.15 Å². The summed E-state index contributed by atoms with van der Waals surface area (Å²) in [6, 6.07) is 5.31. The quantitative estimate of drug-likeness (QED) is 0.691. The Bertz CT molecular complexity index is 931. The number of hydrogen-bond donors (Lipinski definition) is 2. The molecule has 2 heterocycles. The summed E-state index contributed by atoms with van der Waals surface area (Å²) in [4.78, 5) is 27.9. The van der Waals surface area contributed by atoms with E-state index in [1.165, 1.54) is 6.33 Å². The zero-order chi connectivity index (χ0) is 17.1. The third-order valence-electron chi connectivity index (χ3n) is 3.77. The molecule has 0 saturated carbocycles. The van der Waals surface area contributed by atoms with Crippen LogP contribution < -0.4 is 15.7 Å². The number of nitrogens with one attached hydrogen (secondary N) is 2. The average Bonchev–Trinajstić information content (AvgIpc) is 3.06.